The summed E-state index contributed by atoms with van der Waals surface area (Å²) in [5.74, 6) is 0.390. The molecule has 0 spiro atoms. The van der Waals surface area contributed by atoms with Crippen molar-refractivity contribution in [3.8, 4) is 0 Å². The number of anilines is 1. The summed E-state index contributed by atoms with van der Waals surface area (Å²) in [5, 5.41) is 10.6. The zero-order chi connectivity index (χ0) is 26.1. The van der Waals surface area contributed by atoms with Crippen molar-refractivity contribution in [1.82, 2.24) is 5.32 Å². The number of piperidine rings is 1. The standard InChI is InChI=1S/C14H20FN3.C9H13N.C8H6/c15-13-7-14(17)12(8-16)6-11(13)4-3-10-2-1-5-18-9-10;1-7-4-3-5-8(2)9(7)6-10;1-6-7-4-2-3-5-8(6)7/h6-8,10,16,18H,1-5,9,17H2;3-5H,6,10H2,1-2H3;2-5H,1H2. The van der Waals surface area contributed by atoms with Crippen molar-refractivity contribution >= 4 is 17.5 Å². The van der Waals surface area contributed by atoms with Crippen LogP contribution in [0.15, 0.2) is 61.2 Å². The van der Waals surface area contributed by atoms with Crippen molar-refractivity contribution in [1.29, 1.82) is 5.41 Å². The number of aryl methyl sites for hydroxylation is 3. The van der Waals surface area contributed by atoms with Crippen molar-refractivity contribution in [2.75, 3.05) is 18.8 Å². The fourth-order valence-corrected chi connectivity index (χ4v) is 4.61. The minimum Gasteiger partial charge on any atom is -0.398 e. The molecule has 2 aliphatic rings. The van der Waals surface area contributed by atoms with Gasteiger partial charge in [0.2, 0.25) is 0 Å². The maximum Gasteiger partial charge on any atom is 0.128 e. The van der Waals surface area contributed by atoms with Gasteiger partial charge in [-0.1, -0.05) is 49.0 Å². The van der Waals surface area contributed by atoms with E-state index in [0.29, 0.717) is 29.3 Å². The van der Waals surface area contributed by atoms with Crippen LogP contribution in [-0.2, 0) is 13.0 Å². The molecular weight excluding hydrogens is 447 g/mol. The highest BCUT2D eigenvalue weighted by Gasteiger charge is 2.19. The molecule has 1 heterocycles. The number of hydrogen-bond acceptors (Lipinski definition) is 4. The smallest absolute Gasteiger partial charge is 0.128 e. The molecule has 5 rings (SSSR count). The highest BCUT2D eigenvalue weighted by Crippen LogP contribution is 2.39. The number of nitrogens with two attached hydrogens (primary N) is 2. The van der Waals surface area contributed by atoms with Gasteiger partial charge in [0.25, 0.3) is 0 Å². The molecule has 5 heteroatoms. The summed E-state index contributed by atoms with van der Waals surface area (Å²) in [6.45, 7) is 10.8. The molecule has 1 aliphatic heterocycles. The van der Waals surface area contributed by atoms with Crippen molar-refractivity contribution < 1.29 is 4.39 Å². The Morgan fingerprint density at radius 1 is 1.08 bits per heavy atom. The zero-order valence-electron chi connectivity index (χ0n) is 21.5. The van der Waals surface area contributed by atoms with Crippen molar-refractivity contribution in [2.24, 2.45) is 11.7 Å². The molecule has 36 heavy (non-hydrogen) atoms. The topological polar surface area (TPSA) is 87.9 Å². The molecule has 0 bridgehead atoms. The van der Waals surface area contributed by atoms with Gasteiger partial charge in [0.15, 0.2) is 0 Å². The van der Waals surface area contributed by atoms with Gasteiger partial charge in [0.05, 0.1) is 0 Å². The third-order valence-electron chi connectivity index (χ3n) is 6.99. The van der Waals surface area contributed by atoms with E-state index >= 15 is 0 Å². The molecular formula is C31H39FN4. The SMILES string of the molecule is C=C1c2ccccc21.Cc1cccc(C)c1CN.N=Cc1cc(CCC2CCCNC2)c(F)cc1N. The minimum absolute atomic E-state index is 0.248. The van der Waals surface area contributed by atoms with Gasteiger partial charge in [-0.2, -0.15) is 0 Å². The van der Waals surface area contributed by atoms with E-state index in [2.05, 4.69) is 56.1 Å². The highest BCUT2D eigenvalue weighted by molar-refractivity contribution is 5.98. The van der Waals surface area contributed by atoms with E-state index in [1.54, 1.807) is 6.07 Å². The number of nitrogen functional groups attached to an aromatic ring is 1. The lowest BCUT2D eigenvalue weighted by atomic mass is 9.92. The van der Waals surface area contributed by atoms with Crippen LogP contribution in [0.2, 0.25) is 0 Å². The fraction of sp³-hybridized carbons (Fsp3) is 0.323. The quantitative estimate of drug-likeness (QED) is 0.201. The van der Waals surface area contributed by atoms with Crippen LogP contribution in [0.25, 0.3) is 5.57 Å². The van der Waals surface area contributed by atoms with E-state index in [9.17, 15) is 4.39 Å². The predicted molar refractivity (Wildman–Crippen MR) is 151 cm³/mol. The molecule has 1 saturated heterocycles. The Hall–Kier alpha value is -3.28. The van der Waals surface area contributed by atoms with Crippen LogP contribution in [0.4, 0.5) is 10.1 Å². The molecule has 0 aromatic heterocycles. The van der Waals surface area contributed by atoms with E-state index in [1.165, 1.54) is 58.5 Å². The lowest BCUT2D eigenvalue weighted by Crippen LogP contribution is -2.30. The molecule has 0 radical (unpaired) electrons. The largest absolute Gasteiger partial charge is 0.398 e. The van der Waals surface area contributed by atoms with Crippen molar-refractivity contribution in [2.45, 2.75) is 46.1 Å². The second kappa shape index (κ2) is 13.1. The number of hydrogen-bond donors (Lipinski definition) is 4. The van der Waals surface area contributed by atoms with Crippen LogP contribution in [0.1, 0.15) is 58.2 Å². The third-order valence-corrected chi connectivity index (χ3v) is 6.99. The summed E-state index contributed by atoms with van der Waals surface area (Å²) in [6, 6.07) is 17.5. The number of nitrogens with one attached hydrogen (secondary N) is 2. The van der Waals surface area contributed by atoms with E-state index in [-0.39, 0.29) is 5.82 Å². The second-order valence-corrected chi connectivity index (χ2v) is 9.57. The van der Waals surface area contributed by atoms with Crippen molar-refractivity contribution in [3.63, 3.8) is 0 Å². The van der Waals surface area contributed by atoms with Gasteiger partial charge in [-0.25, -0.2) is 4.39 Å². The fourth-order valence-electron chi connectivity index (χ4n) is 4.61. The van der Waals surface area contributed by atoms with E-state index in [4.69, 9.17) is 16.9 Å². The maximum atomic E-state index is 13.8. The maximum absolute atomic E-state index is 13.8. The van der Waals surface area contributed by atoms with E-state index < -0.39 is 0 Å². The molecule has 6 N–H and O–H groups in total. The Kier molecular flexibility index (Phi) is 9.97. The van der Waals surface area contributed by atoms with Crippen LogP contribution >= 0.6 is 0 Å². The lowest BCUT2D eigenvalue weighted by Gasteiger charge is -2.22. The molecule has 4 nitrogen and oxygen atoms in total. The summed E-state index contributed by atoms with van der Waals surface area (Å²) in [4.78, 5) is 0. The zero-order valence-corrected chi connectivity index (χ0v) is 21.5. The van der Waals surface area contributed by atoms with Crippen LogP contribution < -0.4 is 16.8 Å². The first kappa shape index (κ1) is 27.3. The normalized spacial score (nSPS) is 15.6. The van der Waals surface area contributed by atoms with Crippen LogP contribution in [0.5, 0.6) is 0 Å². The summed E-state index contributed by atoms with van der Waals surface area (Å²) in [6.07, 6.45) is 5.33. The Balaban J connectivity index is 0.000000167. The van der Waals surface area contributed by atoms with Gasteiger partial charge in [-0.05, 0) is 110 Å². The molecule has 0 amide bonds. The molecule has 1 fully saturated rings. The third kappa shape index (κ3) is 7.36. The first-order valence-electron chi connectivity index (χ1n) is 12.7. The number of halogens is 1. The Morgan fingerprint density at radius 3 is 2.25 bits per heavy atom. The Bertz CT molecular complexity index is 1150. The molecule has 1 aliphatic carbocycles. The number of rotatable bonds is 5. The first-order chi connectivity index (χ1) is 17.3. The highest BCUT2D eigenvalue weighted by atomic mass is 19.1. The minimum atomic E-state index is -0.248. The van der Waals surface area contributed by atoms with E-state index in [1.807, 2.05) is 12.1 Å². The second-order valence-electron chi connectivity index (χ2n) is 9.57. The first-order valence-corrected chi connectivity index (χ1v) is 12.7. The average Bonchev–Trinajstić information content (AvgIpc) is 3.55. The predicted octanol–water partition coefficient (Wildman–Crippen LogP) is 6.16. The van der Waals surface area contributed by atoms with Gasteiger partial charge in [0.1, 0.15) is 5.82 Å². The van der Waals surface area contributed by atoms with Crippen molar-refractivity contribution in [3.05, 3.63) is 106 Å². The monoisotopic (exact) mass is 486 g/mol. The lowest BCUT2D eigenvalue weighted by molar-refractivity contribution is 0.356. The Labute approximate surface area is 215 Å². The van der Waals surface area contributed by atoms with Crippen LogP contribution in [-0.4, -0.2) is 19.3 Å². The molecule has 190 valence electrons. The number of fused-ring (bicyclic) bond motifs is 1. The molecule has 1 atom stereocenters. The summed E-state index contributed by atoms with van der Waals surface area (Å²) < 4.78 is 13.8. The van der Waals surface area contributed by atoms with Gasteiger partial charge >= 0.3 is 0 Å². The molecule has 3 aromatic rings. The average molecular weight is 487 g/mol. The van der Waals surface area contributed by atoms with Gasteiger partial charge in [-0.15, -0.1) is 0 Å². The van der Waals surface area contributed by atoms with Crippen LogP contribution in [0, 0.1) is 31.0 Å². The van der Waals surface area contributed by atoms with E-state index in [0.717, 1.165) is 25.9 Å². The van der Waals surface area contributed by atoms with Gasteiger partial charge < -0.3 is 22.2 Å². The number of benzene rings is 3. The Morgan fingerprint density at radius 2 is 1.75 bits per heavy atom. The summed E-state index contributed by atoms with van der Waals surface area (Å²) in [7, 11) is 0. The molecule has 1 unspecified atom stereocenters. The summed E-state index contributed by atoms with van der Waals surface area (Å²) in [5.41, 5.74) is 20.6. The molecule has 0 saturated carbocycles. The molecule has 3 aromatic carbocycles. The van der Waals surface area contributed by atoms with Crippen LogP contribution in [0.3, 0.4) is 0 Å². The summed E-state index contributed by atoms with van der Waals surface area (Å²) >= 11 is 0. The van der Waals surface area contributed by atoms with Gasteiger partial charge in [0, 0.05) is 24.0 Å². The van der Waals surface area contributed by atoms with Gasteiger partial charge in [-0.3, -0.25) is 0 Å².